The molecule has 1 aliphatic heterocycles. The van der Waals surface area contributed by atoms with E-state index in [-0.39, 0.29) is 38.0 Å². The lowest BCUT2D eigenvalue weighted by atomic mass is 9.95. The molecular formula is C26H22Cl2N2O6S. The number of esters is 1. The summed E-state index contributed by atoms with van der Waals surface area (Å²) in [5.74, 6) is -2.18. The number of ketones is 1. The van der Waals surface area contributed by atoms with Crippen LogP contribution in [-0.4, -0.2) is 41.5 Å². The first-order valence-corrected chi connectivity index (χ1v) is 12.7. The number of carbonyl (C=O) groups excluding carboxylic acids is 3. The number of anilines is 1. The van der Waals surface area contributed by atoms with Gasteiger partial charge in [0.05, 0.1) is 41.1 Å². The topological polar surface area (TPSA) is 106 Å². The monoisotopic (exact) mass is 560 g/mol. The molecule has 1 atom stereocenters. The quantitative estimate of drug-likeness (QED) is 0.173. The maximum absolute atomic E-state index is 13.4. The van der Waals surface area contributed by atoms with Crippen molar-refractivity contribution in [2.24, 2.45) is 0 Å². The molecule has 4 rings (SSSR count). The van der Waals surface area contributed by atoms with Gasteiger partial charge in [0.25, 0.3) is 5.78 Å². The molecule has 0 saturated carbocycles. The van der Waals surface area contributed by atoms with Gasteiger partial charge in [0.1, 0.15) is 16.4 Å². The van der Waals surface area contributed by atoms with E-state index < -0.39 is 23.7 Å². The van der Waals surface area contributed by atoms with Gasteiger partial charge in [-0.2, -0.15) is 0 Å². The number of benzene rings is 2. The molecule has 0 spiro atoms. The number of aliphatic hydroxyl groups is 1. The number of aliphatic hydroxyl groups excluding tert-OH is 1. The second kappa shape index (κ2) is 10.5. The molecule has 0 aliphatic carbocycles. The largest absolute Gasteiger partial charge is 0.507 e. The molecule has 192 valence electrons. The average molecular weight is 561 g/mol. The average Bonchev–Trinajstić information content (AvgIpc) is 3.37. The Morgan fingerprint density at radius 3 is 2.49 bits per heavy atom. The van der Waals surface area contributed by atoms with E-state index in [2.05, 4.69) is 4.98 Å². The Morgan fingerprint density at radius 2 is 1.86 bits per heavy atom. The van der Waals surface area contributed by atoms with Gasteiger partial charge in [-0.1, -0.05) is 40.6 Å². The van der Waals surface area contributed by atoms with Crippen molar-refractivity contribution >= 4 is 63.1 Å². The second-order valence-electron chi connectivity index (χ2n) is 8.16. The van der Waals surface area contributed by atoms with Crippen LogP contribution >= 0.6 is 34.5 Å². The summed E-state index contributed by atoms with van der Waals surface area (Å²) in [6, 6.07) is 8.48. The molecule has 1 N–H and O–H groups in total. The van der Waals surface area contributed by atoms with Crippen LogP contribution in [0.3, 0.4) is 0 Å². The van der Waals surface area contributed by atoms with E-state index in [9.17, 15) is 19.5 Å². The van der Waals surface area contributed by atoms with E-state index in [1.807, 2.05) is 0 Å². The third-order valence-corrected chi connectivity index (χ3v) is 7.70. The predicted octanol–water partition coefficient (Wildman–Crippen LogP) is 5.88. The number of thiazole rings is 1. The fourth-order valence-corrected chi connectivity index (χ4v) is 5.37. The summed E-state index contributed by atoms with van der Waals surface area (Å²) >= 11 is 13.3. The zero-order chi connectivity index (χ0) is 27.0. The van der Waals surface area contributed by atoms with Crippen LogP contribution in [0.25, 0.3) is 5.76 Å². The van der Waals surface area contributed by atoms with Gasteiger partial charge in [-0.15, -0.1) is 0 Å². The van der Waals surface area contributed by atoms with Gasteiger partial charge in [-0.05, 0) is 62.2 Å². The second-order valence-corrected chi connectivity index (χ2v) is 9.95. The molecule has 2 aromatic carbocycles. The summed E-state index contributed by atoms with van der Waals surface area (Å²) in [6.07, 6.45) is 0. The number of methoxy groups -OCH3 is 1. The van der Waals surface area contributed by atoms with Crippen LogP contribution in [0.5, 0.6) is 5.75 Å². The Hall–Kier alpha value is -3.40. The number of nitrogens with zero attached hydrogens (tertiary/aromatic N) is 2. The molecule has 1 aliphatic rings. The molecule has 1 unspecified atom stereocenters. The molecule has 1 amide bonds. The highest BCUT2D eigenvalue weighted by atomic mass is 35.5. The lowest BCUT2D eigenvalue weighted by Crippen LogP contribution is -2.29. The molecule has 0 radical (unpaired) electrons. The van der Waals surface area contributed by atoms with Crippen molar-refractivity contribution in [2.75, 3.05) is 18.6 Å². The summed E-state index contributed by atoms with van der Waals surface area (Å²) in [5, 5.41) is 11.9. The number of hydrogen-bond acceptors (Lipinski definition) is 8. The van der Waals surface area contributed by atoms with Crippen molar-refractivity contribution in [3.8, 4) is 5.75 Å². The van der Waals surface area contributed by atoms with Crippen molar-refractivity contribution in [3.05, 3.63) is 79.3 Å². The number of amides is 1. The highest BCUT2D eigenvalue weighted by Crippen LogP contribution is 2.45. The van der Waals surface area contributed by atoms with Crippen LogP contribution in [0.1, 0.15) is 45.0 Å². The van der Waals surface area contributed by atoms with Crippen molar-refractivity contribution in [2.45, 2.75) is 26.8 Å². The zero-order valence-electron chi connectivity index (χ0n) is 20.3. The first kappa shape index (κ1) is 26.7. The van der Waals surface area contributed by atoms with Crippen LogP contribution in [0.15, 0.2) is 42.0 Å². The van der Waals surface area contributed by atoms with Gasteiger partial charge in [0.15, 0.2) is 5.13 Å². The van der Waals surface area contributed by atoms with E-state index in [4.69, 9.17) is 32.7 Å². The van der Waals surface area contributed by atoms with Gasteiger partial charge in [-0.25, -0.2) is 9.78 Å². The number of carbonyl (C=O) groups is 3. The number of aromatic nitrogens is 1. The van der Waals surface area contributed by atoms with Gasteiger partial charge in [0, 0.05) is 5.56 Å². The molecule has 1 aromatic heterocycles. The summed E-state index contributed by atoms with van der Waals surface area (Å²) in [6.45, 7) is 5.25. The minimum Gasteiger partial charge on any atom is -0.507 e. The Morgan fingerprint density at radius 1 is 1.14 bits per heavy atom. The third-order valence-electron chi connectivity index (χ3n) is 5.82. The first-order valence-electron chi connectivity index (χ1n) is 11.1. The maximum Gasteiger partial charge on any atom is 0.350 e. The van der Waals surface area contributed by atoms with E-state index >= 15 is 0 Å². The summed E-state index contributed by atoms with van der Waals surface area (Å²) < 4.78 is 10.4. The standard InChI is InChI=1S/C26H22Cl2N2O6S/c1-5-36-25(34)23-13(3)29-26(37-23)30-20(14-6-8-16(27)17(28)11-14)19(22(32)24(30)33)21(31)15-7-9-18(35-4)12(2)10-15/h6-11,20,31H,5H2,1-4H3/b21-19+. The van der Waals surface area contributed by atoms with E-state index in [1.165, 1.54) is 19.2 Å². The van der Waals surface area contributed by atoms with Crippen molar-refractivity contribution in [1.29, 1.82) is 0 Å². The van der Waals surface area contributed by atoms with Crippen LogP contribution in [0.4, 0.5) is 5.13 Å². The zero-order valence-corrected chi connectivity index (χ0v) is 22.6. The fraction of sp³-hybridized carbons (Fsp3) is 0.231. The molecule has 8 nitrogen and oxygen atoms in total. The lowest BCUT2D eigenvalue weighted by molar-refractivity contribution is -0.132. The highest BCUT2D eigenvalue weighted by molar-refractivity contribution is 7.17. The lowest BCUT2D eigenvalue weighted by Gasteiger charge is -2.23. The number of ether oxygens (including phenoxy) is 2. The first-order chi connectivity index (χ1) is 17.6. The molecule has 0 bridgehead atoms. The van der Waals surface area contributed by atoms with Gasteiger partial charge < -0.3 is 14.6 Å². The van der Waals surface area contributed by atoms with Gasteiger partial charge in [-0.3, -0.25) is 14.5 Å². The molecule has 1 saturated heterocycles. The maximum atomic E-state index is 13.4. The van der Waals surface area contributed by atoms with Crippen LogP contribution < -0.4 is 9.64 Å². The van der Waals surface area contributed by atoms with E-state index in [0.29, 0.717) is 22.6 Å². The molecule has 11 heteroatoms. The summed E-state index contributed by atoms with van der Waals surface area (Å²) in [7, 11) is 1.53. The van der Waals surface area contributed by atoms with Crippen molar-refractivity contribution in [3.63, 3.8) is 0 Å². The third kappa shape index (κ3) is 4.82. The SMILES string of the molecule is CCOC(=O)c1sc(N2C(=O)C(=O)/C(=C(/O)c3ccc(OC)c(C)c3)C2c2ccc(Cl)c(Cl)c2)nc1C. The van der Waals surface area contributed by atoms with Crippen molar-refractivity contribution < 1.29 is 29.0 Å². The fourth-order valence-electron chi connectivity index (χ4n) is 4.08. The van der Waals surface area contributed by atoms with Crippen LogP contribution in [0.2, 0.25) is 10.0 Å². The van der Waals surface area contributed by atoms with E-state index in [0.717, 1.165) is 21.8 Å². The highest BCUT2D eigenvalue weighted by Gasteiger charge is 2.48. The number of aryl methyl sites for hydroxylation is 2. The van der Waals surface area contributed by atoms with Gasteiger partial charge in [0.2, 0.25) is 0 Å². The summed E-state index contributed by atoms with van der Waals surface area (Å²) in [5.41, 5.74) is 1.66. The molecular weight excluding hydrogens is 539 g/mol. The minimum atomic E-state index is -1.09. The molecule has 37 heavy (non-hydrogen) atoms. The minimum absolute atomic E-state index is 0.101. The Balaban J connectivity index is 1.93. The number of rotatable bonds is 6. The summed E-state index contributed by atoms with van der Waals surface area (Å²) in [4.78, 5) is 44.9. The van der Waals surface area contributed by atoms with Gasteiger partial charge >= 0.3 is 11.9 Å². The molecule has 3 aromatic rings. The van der Waals surface area contributed by atoms with E-state index in [1.54, 1.807) is 45.0 Å². The normalized spacial score (nSPS) is 16.8. The number of Topliss-reactive ketones (excluding diaryl/α,β-unsaturated/α-hetero) is 1. The van der Waals surface area contributed by atoms with Crippen LogP contribution in [0, 0.1) is 13.8 Å². The number of hydrogen-bond donors (Lipinski definition) is 1. The predicted molar refractivity (Wildman–Crippen MR) is 142 cm³/mol. The van der Waals surface area contributed by atoms with Crippen LogP contribution in [-0.2, 0) is 14.3 Å². The Bertz CT molecular complexity index is 1470. The smallest absolute Gasteiger partial charge is 0.350 e. The number of halogens is 2. The molecule has 2 heterocycles. The Labute approximate surface area is 227 Å². The molecule has 1 fully saturated rings. The Kier molecular flexibility index (Phi) is 7.59. The van der Waals surface area contributed by atoms with Crippen molar-refractivity contribution in [1.82, 2.24) is 4.98 Å².